The molecule has 0 aliphatic rings. The van der Waals surface area contributed by atoms with Crippen molar-refractivity contribution in [2.75, 3.05) is 33.4 Å². The van der Waals surface area contributed by atoms with Crippen LogP contribution in [-0.4, -0.2) is 44.2 Å². The van der Waals surface area contributed by atoms with Crippen molar-refractivity contribution in [3.8, 4) is 5.75 Å². The minimum atomic E-state index is -0.327. The number of carbonyl (C=O) groups is 1. The van der Waals surface area contributed by atoms with Crippen LogP contribution < -0.4 is 4.74 Å². The average Bonchev–Trinajstić information content (AvgIpc) is 2.29. The first-order valence-electron chi connectivity index (χ1n) is 5.84. The van der Waals surface area contributed by atoms with Crippen LogP contribution in [0.2, 0.25) is 0 Å². The maximum absolute atomic E-state index is 12.9. The van der Waals surface area contributed by atoms with Crippen LogP contribution in [0.25, 0.3) is 0 Å². The van der Waals surface area contributed by atoms with Gasteiger partial charge in [-0.3, -0.25) is 9.69 Å². The summed E-state index contributed by atoms with van der Waals surface area (Å²) in [5, 5.41) is 0. The van der Waals surface area contributed by atoms with E-state index in [2.05, 4.69) is 0 Å². The first-order chi connectivity index (χ1) is 8.61. The molecule has 4 nitrogen and oxygen atoms in total. The van der Waals surface area contributed by atoms with E-state index in [1.54, 1.807) is 31.0 Å². The lowest BCUT2D eigenvalue weighted by atomic mass is 10.3. The fourth-order valence-electron chi connectivity index (χ4n) is 1.38. The maximum atomic E-state index is 12.9. The lowest BCUT2D eigenvalue weighted by molar-refractivity contribution is -0.144. The van der Waals surface area contributed by atoms with Gasteiger partial charge in [-0.1, -0.05) is 6.07 Å². The molecule has 1 aromatic rings. The Morgan fingerprint density at radius 1 is 1.44 bits per heavy atom. The third-order valence-electron chi connectivity index (χ3n) is 2.24. The number of likely N-dealkylation sites (N-methyl/N-ethyl adjacent to an activating group) is 1. The Hall–Kier alpha value is -1.62. The van der Waals surface area contributed by atoms with E-state index in [1.807, 2.05) is 0 Å². The second kappa shape index (κ2) is 7.66. The summed E-state index contributed by atoms with van der Waals surface area (Å²) in [5.41, 5.74) is 0. The quantitative estimate of drug-likeness (QED) is 0.695. The number of rotatable bonds is 7. The van der Waals surface area contributed by atoms with Gasteiger partial charge in [0.25, 0.3) is 0 Å². The van der Waals surface area contributed by atoms with E-state index in [1.165, 1.54) is 12.1 Å². The summed E-state index contributed by atoms with van der Waals surface area (Å²) in [6.07, 6.45) is 0. The molecule has 5 heteroatoms. The molecular formula is C13H18FNO3. The molecule has 0 amide bonds. The molecule has 0 N–H and O–H groups in total. The highest BCUT2D eigenvalue weighted by atomic mass is 19.1. The minimum absolute atomic E-state index is 0.223. The number of nitrogens with zero attached hydrogens (tertiary/aromatic N) is 1. The van der Waals surface area contributed by atoms with Crippen LogP contribution >= 0.6 is 0 Å². The molecule has 0 aliphatic carbocycles. The standard InChI is InChI=1S/C13H18FNO3/c1-3-17-13(16)10-15(2)7-8-18-12-6-4-5-11(14)9-12/h4-6,9H,3,7-8,10H2,1-2H3. The van der Waals surface area contributed by atoms with Crippen LogP contribution in [-0.2, 0) is 9.53 Å². The van der Waals surface area contributed by atoms with Crippen LogP contribution in [0.4, 0.5) is 4.39 Å². The topological polar surface area (TPSA) is 38.8 Å². The van der Waals surface area contributed by atoms with Gasteiger partial charge in [0.2, 0.25) is 0 Å². The molecule has 0 fully saturated rings. The Morgan fingerprint density at radius 2 is 2.22 bits per heavy atom. The molecule has 0 saturated heterocycles. The number of hydrogen-bond acceptors (Lipinski definition) is 4. The van der Waals surface area contributed by atoms with Crippen molar-refractivity contribution in [1.82, 2.24) is 4.90 Å². The molecule has 0 unspecified atom stereocenters. The summed E-state index contributed by atoms with van der Waals surface area (Å²) >= 11 is 0. The first-order valence-corrected chi connectivity index (χ1v) is 5.84. The molecule has 100 valence electrons. The number of benzene rings is 1. The van der Waals surface area contributed by atoms with E-state index in [0.717, 1.165) is 0 Å². The Morgan fingerprint density at radius 3 is 2.89 bits per heavy atom. The van der Waals surface area contributed by atoms with E-state index < -0.39 is 0 Å². The van der Waals surface area contributed by atoms with E-state index in [0.29, 0.717) is 25.5 Å². The second-order valence-corrected chi connectivity index (χ2v) is 3.85. The lowest BCUT2D eigenvalue weighted by Crippen LogP contribution is -2.30. The van der Waals surface area contributed by atoms with Crippen LogP contribution in [0.3, 0.4) is 0 Å². The van der Waals surface area contributed by atoms with E-state index in [-0.39, 0.29) is 18.3 Å². The normalized spacial score (nSPS) is 10.4. The summed E-state index contributed by atoms with van der Waals surface area (Å²) < 4.78 is 23.0. The van der Waals surface area contributed by atoms with Gasteiger partial charge in [-0.25, -0.2) is 4.39 Å². The van der Waals surface area contributed by atoms with Crippen LogP contribution in [0.15, 0.2) is 24.3 Å². The molecule has 0 bridgehead atoms. The van der Waals surface area contributed by atoms with Crippen molar-refractivity contribution < 1.29 is 18.7 Å². The van der Waals surface area contributed by atoms with Crippen LogP contribution in [0.5, 0.6) is 5.75 Å². The van der Waals surface area contributed by atoms with Crippen molar-refractivity contribution in [3.63, 3.8) is 0 Å². The van der Waals surface area contributed by atoms with Gasteiger partial charge in [0.05, 0.1) is 13.2 Å². The highest BCUT2D eigenvalue weighted by molar-refractivity contribution is 5.71. The number of carbonyl (C=O) groups excluding carboxylic acids is 1. The van der Waals surface area contributed by atoms with Crippen molar-refractivity contribution in [2.24, 2.45) is 0 Å². The van der Waals surface area contributed by atoms with Gasteiger partial charge in [-0.2, -0.15) is 0 Å². The van der Waals surface area contributed by atoms with E-state index >= 15 is 0 Å². The zero-order chi connectivity index (χ0) is 13.4. The third-order valence-corrected chi connectivity index (χ3v) is 2.24. The zero-order valence-corrected chi connectivity index (χ0v) is 10.7. The fraction of sp³-hybridized carbons (Fsp3) is 0.462. The summed E-state index contributed by atoms with van der Waals surface area (Å²) in [4.78, 5) is 13.0. The lowest BCUT2D eigenvalue weighted by Gasteiger charge is -2.15. The van der Waals surface area contributed by atoms with Gasteiger partial charge < -0.3 is 9.47 Å². The number of esters is 1. The molecule has 1 rings (SSSR count). The van der Waals surface area contributed by atoms with E-state index in [4.69, 9.17) is 9.47 Å². The minimum Gasteiger partial charge on any atom is -0.492 e. The number of halogens is 1. The van der Waals surface area contributed by atoms with Crippen LogP contribution in [0, 0.1) is 5.82 Å². The van der Waals surface area contributed by atoms with Gasteiger partial charge in [-0.05, 0) is 26.1 Å². The Balaban J connectivity index is 2.23. The Bertz CT molecular complexity index is 384. The van der Waals surface area contributed by atoms with Gasteiger partial charge in [0.1, 0.15) is 18.2 Å². The summed E-state index contributed by atoms with van der Waals surface area (Å²) in [7, 11) is 1.80. The van der Waals surface area contributed by atoms with Crippen molar-refractivity contribution in [3.05, 3.63) is 30.1 Å². The van der Waals surface area contributed by atoms with Crippen molar-refractivity contribution in [1.29, 1.82) is 0 Å². The van der Waals surface area contributed by atoms with Crippen molar-refractivity contribution in [2.45, 2.75) is 6.92 Å². The number of ether oxygens (including phenoxy) is 2. The molecule has 0 atom stereocenters. The number of hydrogen-bond donors (Lipinski definition) is 0. The largest absolute Gasteiger partial charge is 0.492 e. The average molecular weight is 255 g/mol. The molecule has 1 aromatic carbocycles. The SMILES string of the molecule is CCOC(=O)CN(C)CCOc1cccc(F)c1. The molecule has 0 aliphatic heterocycles. The Kier molecular flexibility index (Phi) is 6.14. The molecule has 0 aromatic heterocycles. The zero-order valence-electron chi connectivity index (χ0n) is 10.7. The first kappa shape index (κ1) is 14.4. The van der Waals surface area contributed by atoms with Crippen LogP contribution in [0.1, 0.15) is 6.92 Å². The molecule has 0 radical (unpaired) electrons. The molecule has 0 heterocycles. The molecule has 18 heavy (non-hydrogen) atoms. The predicted molar refractivity (Wildman–Crippen MR) is 66.0 cm³/mol. The van der Waals surface area contributed by atoms with Gasteiger partial charge >= 0.3 is 5.97 Å². The van der Waals surface area contributed by atoms with Gasteiger partial charge in [0.15, 0.2) is 0 Å². The predicted octanol–water partition coefficient (Wildman–Crippen LogP) is 1.70. The van der Waals surface area contributed by atoms with Gasteiger partial charge in [-0.15, -0.1) is 0 Å². The fourth-order valence-corrected chi connectivity index (χ4v) is 1.38. The van der Waals surface area contributed by atoms with E-state index in [9.17, 15) is 9.18 Å². The highest BCUT2D eigenvalue weighted by Gasteiger charge is 2.06. The molecule has 0 saturated carbocycles. The second-order valence-electron chi connectivity index (χ2n) is 3.85. The van der Waals surface area contributed by atoms with Gasteiger partial charge in [0, 0.05) is 12.6 Å². The summed E-state index contributed by atoms with van der Waals surface area (Å²) in [6, 6.07) is 5.96. The summed E-state index contributed by atoms with van der Waals surface area (Å²) in [6.45, 7) is 3.33. The monoisotopic (exact) mass is 255 g/mol. The third kappa shape index (κ3) is 5.63. The molecular weight excluding hydrogens is 237 g/mol. The molecule has 0 spiro atoms. The summed E-state index contributed by atoms with van der Waals surface area (Å²) in [5.74, 6) is -0.0994. The van der Waals surface area contributed by atoms with Crippen molar-refractivity contribution >= 4 is 5.97 Å². The highest BCUT2D eigenvalue weighted by Crippen LogP contribution is 2.11. The Labute approximate surface area is 106 Å². The smallest absolute Gasteiger partial charge is 0.320 e. The maximum Gasteiger partial charge on any atom is 0.320 e.